The van der Waals surface area contributed by atoms with Crippen LogP contribution in [0.25, 0.3) is 0 Å². The lowest BCUT2D eigenvalue weighted by molar-refractivity contribution is -0.142. The third kappa shape index (κ3) is 3.36. The van der Waals surface area contributed by atoms with Gasteiger partial charge in [0.2, 0.25) is 5.88 Å². The number of piperazine rings is 1. The first-order valence-corrected chi connectivity index (χ1v) is 6.80. The maximum absolute atomic E-state index is 11.0. The molecule has 0 radical (unpaired) electrons. The Balaban J connectivity index is 1.91. The minimum atomic E-state index is -0.778. The molecule has 1 aliphatic rings. The van der Waals surface area contributed by atoms with E-state index in [4.69, 9.17) is 9.84 Å². The highest BCUT2D eigenvalue weighted by molar-refractivity contribution is 5.72. The number of aliphatic carboxylic acids is 1. The van der Waals surface area contributed by atoms with Crippen molar-refractivity contribution in [3.63, 3.8) is 0 Å². The van der Waals surface area contributed by atoms with E-state index in [1.165, 1.54) is 0 Å². The van der Waals surface area contributed by atoms with Crippen molar-refractivity contribution in [2.45, 2.75) is 19.9 Å². The van der Waals surface area contributed by atoms with Crippen LogP contribution in [0.15, 0.2) is 12.1 Å². The summed E-state index contributed by atoms with van der Waals surface area (Å²) in [4.78, 5) is 15.0. The van der Waals surface area contributed by atoms with Crippen molar-refractivity contribution in [2.75, 3.05) is 37.7 Å². The first kappa shape index (κ1) is 14.5. The average molecular weight is 280 g/mol. The fourth-order valence-corrected chi connectivity index (χ4v) is 2.20. The van der Waals surface area contributed by atoms with Gasteiger partial charge in [0, 0.05) is 32.2 Å². The first-order chi connectivity index (χ1) is 9.61. The lowest BCUT2D eigenvalue weighted by atomic mass is 10.2. The Morgan fingerprint density at radius 3 is 2.55 bits per heavy atom. The van der Waals surface area contributed by atoms with E-state index >= 15 is 0 Å². The number of carboxylic acids is 1. The highest BCUT2D eigenvalue weighted by Gasteiger charge is 2.25. The van der Waals surface area contributed by atoms with Crippen LogP contribution in [0.2, 0.25) is 0 Å². The summed E-state index contributed by atoms with van der Waals surface area (Å²) in [5.41, 5.74) is 0. The zero-order valence-electron chi connectivity index (χ0n) is 11.8. The molecule has 0 bridgehead atoms. The fourth-order valence-electron chi connectivity index (χ4n) is 2.20. The molecule has 1 aliphatic heterocycles. The van der Waals surface area contributed by atoms with E-state index in [1.807, 2.05) is 17.9 Å². The Morgan fingerprint density at radius 1 is 1.35 bits per heavy atom. The van der Waals surface area contributed by atoms with E-state index in [9.17, 15) is 4.79 Å². The fraction of sp³-hybridized carbons (Fsp3) is 0.615. The topological polar surface area (TPSA) is 78.8 Å². The van der Waals surface area contributed by atoms with Gasteiger partial charge in [0.05, 0.1) is 6.61 Å². The number of carboxylic acid groups (broad SMARTS) is 1. The van der Waals surface area contributed by atoms with E-state index < -0.39 is 12.0 Å². The van der Waals surface area contributed by atoms with Crippen LogP contribution in [0.5, 0.6) is 5.88 Å². The summed E-state index contributed by atoms with van der Waals surface area (Å²) in [6, 6.07) is 3.25. The minimum absolute atomic E-state index is 0.441. The number of anilines is 1. The minimum Gasteiger partial charge on any atom is -0.480 e. The molecule has 7 heteroatoms. The molecule has 0 amide bonds. The second kappa shape index (κ2) is 6.51. The van der Waals surface area contributed by atoms with Crippen LogP contribution >= 0.6 is 0 Å². The normalized spacial score (nSPS) is 17.8. The smallest absolute Gasteiger partial charge is 0.320 e. The second-order valence-corrected chi connectivity index (χ2v) is 4.70. The van der Waals surface area contributed by atoms with Gasteiger partial charge in [-0.1, -0.05) is 0 Å². The van der Waals surface area contributed by atoms with Gasteiger partial charge in [-0.2, -0.15) is 0 Å². The van der Waals surface area contributed by atoms with Crippen LogP contribution < -0.4 is 9.64 Å². The van der Waals surface area contributed by atoms with Crippen LogP contribution in [0.3, 0.4) is 0 Å². The molecule has 1 aromatic heterocycles. The van der Waals surface area contributed by atoms with Crippen molar-refractivity contribution in [1.82, 2.24) is 15.1 Å². The van der Waals surface area contributed by atoms with Gasteiger partial charge in [0.25, 0.3) is 0 Å². The van der Waals surface area contributed by atoms with E-state index in [2.05, 4.69) is 15.1 Å². The molecule has 0 saturated carbocycles. The summed E-state index contributed by atoms with van der Waals surface area (Å²) < 4.78 is 5.26. The summed E-state index contributed by atoms with van der Waals surface area (Å²) in [6.07, 6.45) is 0. The van der Waals surface area contributed by atoms with Gasteiger partial charge in [-0.3, -0.25) is 9.69 Å². The highest BCUT2D eigenvalue weighted by atomic mass is 16.5. The summed E-state index contributed by atoms with van der Waals surface area (Å²) in [5, 5.41) is 17.2. The molecule has 110 valence electrons. The maximum atomic E-state index is 11.0. The zero-order chi connectivity index (χ0) is 14.5. The molecular formula is C13H20N4O3. The third-order valence-corrected chi connectivity index (χ3v) is 3.46. The Morgan fingerprint density at radius 2 is 2.05 bits per heavy atom. The van der Waals surface area contributed by atoms with Crippen molar-refractivity contribution < 1.29 is 14.6 Å². The second-order valence-electron chi connectivity index (χ2n) is 4.70. The first-order valence-electron chi connectivity index (χ1n) is 6.80. The number of carbonyl (C=O) groups is 1. The van der Waals surface area contributed by atoms with Gasteiger partial charge in [0.1, 0.15) is 6.04 Å². The summed E-state index contributed by atoms with van der Waals surface area (Å²) >= 11 is 0. The SMILES string of the molecule is CCOc1ccc(N2CCN(C(C)C(=O)O)CC2)nn1. The molecule has 2 heterocycles. The number of hydrogen-bond donors (Lipinski definition) is 1. The molecule has 0 aromatic carbocycles. The Bertz CT molecular complexity index is 443. The van der Waals surface area contributed by atoms with Gasteiger partial charge in [-0.25, -0.2) is 0 Å². The van der Waals surface area contributed by atoms with Gasteiger partial charge >= 0.3 is 5.97 Å². The van der Waals surface area contributed by atoms with Gasteiger partial charge in [0.15, 0.2) is 5.82 Å². The number of rotatable bonds is 5. The van der Waals surface area contributed by atoms with Crippen molar-refractivity contribution in [2.24, 2.45) is 0 Å². The number of hydrogen-bond acceptors (Lipinski definition) is 6. The predicted octanol–water partition coefficient (Wildman–Crippen LogP) is 0.470. The highest BCUT2D eigenvalue weighted by Crippen LogP contribution is 2.16. The van der Waals surface area contributed by atoms with Crippen molar-refractivity contribution in [3.8, 4) is 5.88 Å². The summed E-state index contributed by atoms with van der Waals surface area (Å²) in [5.74, 6) is 0.546. The molecule has 7 nitrogen and oxygen atoms in total. The van der Waals surface area contributed by atoms with E-state index in [-0.39, 0.29) is 0 Å². The van der Waals surface area contributed by atoms with Crippen molar-refractivity contribution in [1.29, 1.82) is 0 Å². The Hall–Kier alpha value is -1.89. The van der Waals surface area contributed by atoms with Crippen molar-refractivity contribution in [3.05, 3.63) is 12.1 Å². The standard InChI is InChI=1S/C13H20N4O3/c1-3-20-12-5-4-11(14-15-12)17-8-6-16(7-9-17)10(2)13(18)19/h4-5,10H,3,6-9H2,1-2H3,(H,18,19). The number of ether oxygens (including phenoxy) is 1. The van der Waals surface area contributed by atoms with Crippen LogP contribution in [-0.4, -0.2) is 65.0 Å². The molecule has 1 saturated heterocycles. The van der Waals surface area contributed by atoms with Crippen molar-refractivity contribution >= 4 is 11.8 Å². The largest absolute Gasteiger partial charge is 0.480 e. The molecular weight excluding hydrogens is 260 g/mol. The summed E-state index contributed by atoms with van der Waals surface area (Å²) in [6.45, 7) is 7.11. The third-order valence-electron chi connectivity index (χ3n) is 3.46. The molecule has 1 atom stereocenters. The van der Waals surface area contributed by atoms with Crippen LogP contribution in [-0.2, 0) is 4.79 Å². The average Bonchev–Trinajstić information content (AvgIpc) is 2.48. The molecule has 1 fully saturated rings. The quantitative estimate of drug-likeness (QED) is 0.840. The van der Waals surface area contributed by atoms with E-state index in [0.29, 0.717) is 25.6 Å². The van der Waals surface area contributed by atoms with Crippen LogP contribution in [0.1, 0.15) is 13.8 Å². The van der Waals surface area contributed by atoms with Gasteiger partial charge in [-0.05, 0) is 19.9 Å². The van der Waals surface area contributed by atoms with Crippen LogP contribution in [0.4, 0.5) is 5.82 Å². The monoisotopic (exact) mass is 280 g/mol. The van der Waals surface area contributed by atoms with E-state index in [1.54, 1.807) is 13.0 Å². The molecule has 0 aliphatic carbocycles. The van der Waals surface area contributed by atoms with Gasteiger partial charge in [-0.15, -0.1) is 10.2 Å². The molecule has 1 aromatic rings. The zero-order valence-corrected chi connectivity index (χ0v) is 11.8. The van der Waals surface area contributed by atoms with Crippen LogP contribution in [0, 0.1) is 0 Å². The lowest BCUT2D eigenvalue weighted by Crippen LogP contribution is -2.52. The molecule has 0 spiro atoms. The Labute approximate surface area is 118 Å². The number of nitrogens with zero attached hydrogens (tertiary/aromatic N) is 4. The predicted molar refractivity (Wildman–Crippen MR) is 74.1 cm³/mol. The molecule has 20 heavy (non-hydrogen) atoms. The lowest BCUT2D eigenvalue weighted by Gasteiger charge is -2.36. The molecule has 1 N–H and O–H groups in total. The number of aromatic nitrogens is 2. The molecule has 1 unspecified atom stereocenters. The maximum Gasteiger partial charge on any atom is 0.320 e. The Kier molecular flexibility index (Phi) is 4.73. The van der Waals surface area contributed by atoms with E-state index in [0.717, 1.165) is 18.9 Å². The molecule has 2 rings (SSSR count). The van der Waals surface area contributed by atoms with Gasteiger partial charge < -0.3 is 14.7 Å². The summed E-state index contributed by atoms with van der Waals surface area (Å²) in [7, 11) is 0.